The SMILES string of the molecule is CCC12CCC(O)(c3ncc(C)s3)CC1CCc1cc(O)ccc12. The topological polar surface area (TPSA) is 53.4 Å². The van der Waals surface area contributed by atoms with Gasteiger partial charge in [-0.1, -0.05) is 13.0 Å². The molecule has 2 aliphatic rings. The number of phenolic OH excluding ortho intramolecular Hbond substituents is 1. The number of hydrogen-bond acceptors (Lipinski definition) is 4. The zero-order chi connectivity index (χ0) is 16.9. The number of aromatic nitrogens is 1. The highest BCUT2D eigenvalue weighted by atomic mass is 32.1. The van der Waals surface area contributed by atoms with E-state index in [9.17, 15) is 10.2 Å². The number of hydrogen-bond donors (Lipinski definition) is 2. The van der Waals surface area contributed by atoms with Gasteiger partial charge in [0.2, 0.25) is 0 Å². The molecule has 1 saturated carbocycles. The number of nitrogens with zero attached hydrogens (tertiary/aromatic N) is 1. The molecule has 0 radical (unpaired) electrons. The Labute approximate surface area is 147 Å². The first-order valence-corrected chi connectivity index (χ1v) is 9.76. The molecule has 4 heteroatoms. The van der Waals surface area contributed by atoms with Crippen LogP contribution >= 0.6 is 11.3 Å². The van der Waals surface area contributed by atoms with E-state index in [0.717, 1.165) is 48.4 Å². The molecule has 24 heavy (non-hydrogen) atoms. The summed E-state index contributed by atoms with van der Waals surface area (Å²) in [4.78, 5) is 5.65. The lowest BCUT2D eigenvalue weighted by Gasteiger charge is -2.52. The Balaban J connectivity index is 1.72. The van der Waals surface area contributed by atoms with E-state index in [2.05, 4.69) is 18.0 Å². The molecule has 128 valence electrons. The smallest absolute Gasteiger partial charge is 0.125 e. The van der Waals surface area contributed by atoms with E-state index in [1.54, 1.807) is 11.3 Å². The number of phenols is 1. The maximum atomic E-state index is 11.3. The van der Waals surface area contributed by atoms with Gasteiger partial charge in [0, 0.05) is 11.1 Å². The van der Waals surface area contributed by atoms with E-state index in [1.165, 1.54) is 11.1 Å². The van der Waals surface area contributed by atoms with Gasteiger partial charge in [0.1, 0.15) is 16.4 Å². The Bertz CT molecular complexity index is 771. The number of fused-ring (bicyclic) bond motifs is 3. The molecule has 3 unspecified atom stereocenters. The van der Waals surface area contributed by atoms with Crippen LogP contribution in [0.15, 0.2) is 24.4 Å². The maximum absolute atomic E-state index is 11.3. The molecule has 3 atom stereocenters. The van der Waals surface area contributed by atoms with Gasteiger partial charge in [0.25, 0.3) is 0 Å². The molecule has 4 rings (SSSR count). The fourth-order valence-electron chi connectivity index (χ4n) is 5.09. The average Bonchev–Trinajstić information content (AvgIpc) is 3.01. The van der Waals surface area contributed by atoms with Gasteiger partial charge >= 0.3 is 0 Å². The van der Waals surface area contributed by atoms with Gasteiger partial charge in [-0.25, -0.2) is 4.98 Å². The summed E-state index contributed by atoms with van der Waals surface area (Å²) in [6.45, 7) is 4.32. The van der Waals surface area contributed by atoms with Gasteiger partial charge in [-0.3, -0.25) is 0 Å². The minimum atomic E-state index is -0.767. The Morgan fingerprint density at radius 3 is 2.88 bits per heavy atom. The van der Waals surface area contributed by atoms with Gasteiger partial charge in [-0.15, -0.1) is 11.3 Å². The minimum Gasteiger partial charge on any atom is -0.508 e. The lowest BCUT2D eigenvalue weighted by Crippen LogP contribution is -2.48. The summed E-state index contributed by atoms with van der Waals surface area (Å²) in [5, 5.41) is 22.0. The molecule has 1 fully saturated rings. The summed E-state index contributed by atoms with van der Waals surface area (Å²) < 4.78 is 0. The molecule has 2 aromatic rings. The molecule has 2 aliphatic carbocycles. The normalized spacial score (nSPS) is 32.2. The predicted molar refractivity (Wildman–Crippen MR) is 96.5 cm³/mol. The Hall–Kier alpha value is -1.39. The van der Waals surface area contributed by atoms with Gasteiger partial charge in [-0.2, -0.15) is 0 Å². The Morgan fingerprint density at radius 2 is 2.17 bits per heavy atom. The van der Waals surface area contributed by atoms with Crippen molar-refractivity contribution in [3.8, 4) is 5.75 Å². The van der Waals surface area contributed by atoms with Crippen molar-refractivity contribution in [3.05, 3.63) is 45.4 Å². The van der Waals surface area contributed by atoms with Crippen molar-refractivity contribution in [2.75, 3.05) is 0 Å². The summed E-state index contributed by atoms with van der Waals surface area (Å²) in [5.74, 6) is 0.839. The number of aryl methyl sites for hydroxylation is 2. The molecule has 1 aromatic heterocycles. The van der Waals surface area contributed by atoms with Gasteiger partial charge in [0.15, 0.2) is 0 Å². The van der Waals surface area contributed by atoms with Crippen LogP contribution in [0.1, 0.15) is 60.0 Å². The average molecular weight is 343 g/mol. The van der Waals surface area contributed by atoms with E-state index < -0.39 is 5.60 Å². The molecule has 3 nitrogen and oxygen atoms in total. The van der Waals surface area contributed by atoms with Crippen LogP contribution in [0.5, 0.6) is 5.75 Å². The second-order valence-electron chi connectivity index (χ2n) is 7.60. The van der Waals surface area contributed by atoms with Crippen molar-refractivity contribution in [2.45, 2.75) is 63.4 Å². The first kappa shape index (κ1) is 16.1. The fraction of sp³-hybridized carbons (Fsp3) is 0.550. The highest BCUT2D eigenvalue weighted by molar-refractivity contribution is 7.11. The van der Waals surface area contributed by atoms with E-state index in [1.807, 2.05) is 25.3 Å². The molecular formula is C20H25NO2S. The van der Waals surface area contributed by atoms with Crippen molar-refractivity contribution < 1.29 is 10.2 Å². The van der Waals surface area contributed by atoms with Crippen LogP contribution in [0.25, 0.3) is 0 Å². The zero-order valence-electron chi connectivity index (χ0n) is 14.4. The number of thiazole rings is 1. The molecule has 0 spiro atoms. The lowest BCUT2D eigenvalue weighted by molar-refractivity contribution is -0.0567. The summed E-state index contributed by atoms with van der Waals surface area (Å²) in [6.07, 6.45) is 7.58. The molecule has 1 heterocycles. The summed E-state index contributed by atoms with van der Waals surface area (Å²) in [5.41, 5.74) is 2.07. The number of aliphatic hydroxyl groups is 1. The van der Waals surface area contributed by atoms with Crippen molar-refractivity contribution >= 4 is 11.3 Å². The Kier molecular flexibility index (Phi) is 3.73. The highest BCUT2D eigenvalue weighted by Gasteiger charge is 2.52. The standard InChI is InChI=1S/C20H25NO2S/c1-3-19-8-9-20(23,18-21-12-13(2)24-18)11-15(19)5-4-14-10-16(22)6-7-17(14)19/h6-7,10,12,15,22-23H,3-5,8-9,11H2,1-2H3. The minimum absolute atomic E-state index is 0.139. The first-order chi connectivity index (χ1) is 11.5. The van der Waals surface area contributed by atoms with Crippen LogP contribution in [-0.2, 0) is 17.4 Å². The molecular weight excluding hydrogens is 318 g/mol. The third kappa shape index (κ3) is 2.31. The van der Waals surface area contributed by atoms with Crippen molar-refractivity contribution in [1.82, 2.24) is 4.98 Å². The number of aromatic hydroxyl groups is 1. The summed E-state index contributed by atoms with van der Waals surface area (Å²) in [6, 6.07) is 5.88. The van der Waals surface area contributed by atoms with Crippen LogP contribution in [0.3, 0.4) is 0 Å². The first-order valence-electron chi connectivity index (χ1n) is 8.94. The second-order valence-corrected chi connectivity index (χ2v) is 8.83. The monoisotopic (exact) mass is 343 g/mol. The van der Waals surface area contributed by atoms with Crippen LogP contribution < -0.4 is 0 Å². The van der Waals surface area contributed by atoms with Crippen molar-refractivity contribution in [3.63, 3.8) is 0 Å². The maximum Gasteiger partial charge on any atom is 0.125 e. The molecule has 0 aliphatic heterocycles. The van der Waals surface area contributed by atoms with E-state index in [4.69, 9.17) is 0 Å². The summed E-state index contributed by atoms with van der Waals surface area (Å²) in [7, 11) is 0. The fourth-order valence-corrected chi connectivity index (χ4v) is 5.99. The highest BCUT2D eigenvalue weighted by Crippen LogP contribution is 2.57. The molecule has 1 aromatic carbocycles. The van der Waals surface area contributed by atoms with Gasteiger partial charge in [-0.05, 0) is 80.0 Å². The zero-order valence-corrected chi connectivity index (χ0v) is 15.2. The Morgan fingerprint density at radius 1 is 1.33 bits per heavy atom. The van der Waals surface area contributed by atoms with Crippen molar-refractivity contribution in [2.24, 2.45) is 5.92 Å². The van der Waals surface area contributed by atoms with Crippen LogP contribution in [0.4, 0.5) is 0 Å². The largest absolute Gasteiger partial charge is 0.508 e. The quantitative estimate of drug-likeness (QED) is 0.847. The van der Waals surface area contributed by atoms with Crippen LogP contribution in [0.2, 0.25) is 0 Å². The second kappa shape index (κ2) is 5.57. The van der Waals surface area contributed by atoms with E-state index in [0.29, 0.717) is 11.7 Å². The van der Waals surface area contributed by atoms with Crippen LogP contribution in [0, 0.1) is 12.8 Å². The summed E-state index contributed by atoms with van der Waals surface area (Å²) >= 11 is 1.63. The molecule has 0 amide bonds. The van der Waals surface area contributed by atoms with Gasteiger partial charge < -0.3 is 10.2 Å². The lowest BCUT2D eigenvalue weighted by atomic mass is 9.53. The third-order valence-electron chi connectivity index (χ3n) is 6.39. The predicted octanol–water partition coefficient (Wildman–Crippen LogP) is 4.44. The molecule has 2 N–H and O–H groups in total. The van der Waals surface area contributed by atoms with Crippen LogP contribution in [-0.4, -0.2) is 15.2 Å². The van der Waals surface area contributed by atoms with Gasteiger partial charge in [0.05, 0.1) is 0 Å². The number of rotatable bonds is 2. The molecule has 0 bridgehead atoms. The van der Waals surface area contributed by atoms with E-state index >= 15 is 0 Å². The molecule has 0 saturated heterocycles. The van der Waals surface area contributed by atoms with E-state index in [-0.39, 0.29) is 5.41 Å². The number of benzene rings is 1. The van der Waals surface area contributed by atoms with Crippen molar-refractivity contribution in [1.29, 1.82) is 0 Å². The third-order valence-corrected chi connectivity index (χ3v) is 7.49.